The second-order valence-electron chi connectivity index (χ2n) is 4.96. The van der Waals surface area contributed by atoms with Gasteiger partial charge in [-0.15, -0.1) is 9.39 Å². The molecule has 0 bridgehead atoms. The fourth-order valence-corrected chi connectivity index (χ4v) is 1.43. The number of carbonyl (C=O) groups excluding carboxylic acids is 2. The molecule has 0 aromatic heterocycles. The molecule has 2 rings (SSSR count). The number of carboxylic acid groups (broad SMARTS) is 2. The molecule has 2 heterocycles. The van der Waals surface area contributed by atoms with Gasteiger partial charge in [0.25, 0.3) is 0 Å². The van der Waals surface area contributed by atoms with Crippen LogP contribution in [0.2, 0.25) is 0 Å². The molecule has 2 aliphatic rings. The van der Waals surface area contributed by atoms with E-state index < -0.39 is 24.3 Å². The average Bonchev–Trinajstić information content (AvgIpc) is 3.12. The highest BCUT2D eigenvalue weighted by Crippen LogP contribution is 2.12. The van der Waals surface area contributed by atoms with Crippen LogP contribution in [0.5, 0.6) is 0 Å². The highest BCUT2D eigenvalue weighted by Gasteiger charge is 2.29. The van der Waals surface area contributed by atoms with E-state index in [0.717, 1.165) is 26.2 Å². The van der Waals surface area contributed by atoms with E-state index in [2.05, 4.69) is 0 Å². The van der Waals surface area contributed by atoms with Crippen molar-refractivity contribution in [3.63, 3.8) is 0 Å². The first-order valence-corrected chi connectivity index (χ1v) is 7.16. The second kappa shape index (κ2) is 12.1. The van der Waals surface area contributed by atoms with Gasteiger partial charge < -0.3 is 19.8 Å². The Morgan fingerprint density at radius 3 is 0.846 bits per heavy atom. The zero-order valence-corrected chi connectivity index (χ0v) is 13.5. The van der Waals surface area contributed by atoms with E-state index in [1.54, 1.807) is 9.39 Å². The Hall–Kier alpha value is -2.28. The average molecular weight is 396 g/mol. The maximum Gasteiger partial charge on any atom is 0.430 e. The van der Waals surface area contributed by atoms with Gasteiger partial charge in [-0.3, -0.25) is 0 Å². The van der Waals surface area contributed by atoms with Crippen LogP contribution in [0.4, 0.5) is 26.3 Å². The number of nitrogens with one attached hydrogen (secondary N) is 2. The molecule has 2 fully saturated rings. The number of hydrogen-bond donors (Lipinski definition) is 2. The van der Waals surface area contributed by atoms with Gasteiger partial charge in [-0.1, -0.05) is 11.1 Å². The van der Waals surface area contributed by atoms with Gasteiger partial charge in [0.1, 0.15) is 11.9 Å². The predicted molar refractivity (Wildman–Crippen MR) is 66.0 cm³/mol. The molecule has 0 radical (unpaired) electrons. The number of alkyl halides is 6. The molecule has 2 N–H and O–H groups in total. The van der Waals surface area contributed by atoms with Crippen molar-refractivity contribution in [2.24, 2.45) is 0 Å². The van der Waals surface area contributed by atoms with Crippen LogP contribution in [0.3, 0.4) is 0 Å². The van der Waals surface area contributed by atoms with E-state index in [1.807, 2.05) is 0 Å². The minimum atomic E-state index is -5.19. The Bertz CT molecular complexity index is 433. The largest absolute Gasteiger partial charge is 0.542 e. The number of nitrogens with zero attached hydrogens (tertiary/aromatic N) is 2. The number of halogens is 6. The fraction of sp³-hybridized carbons (Fsp3) is 0.833. The van der Waals surface area contributed by atoms with Gasteiger partial charge in [0, 0.05) is 25.7 Å². The summed E-state index contributed by atoms with van der Waals surface area (Å²) in [4.78, 5) is 17.6. The van der Waals surface area contributed by atoms with Gasteiger partial charge >= 0.3 is 12.4 Å². The molecule has 152 valence electrons. The Kier molecular flexibility index (Phi) is 12.1. The second-order valence-corrected chi connectivity index (χ2v) is 4.96. The van der Waals surface area contributed by atoms with Crippen LogP contribution in [0, 0.1) is 11.1 Å². The number of carbonyl (C=O) groups is 2. The summed E-state index contributed by atoms with van der Waals surface area (Å²) in [5, 5.41) is 17.6. The lowest BCUT2D eigenvalue weighted by molar-refractivity contribution is -0.596. The van der Waals surface area contributed by atoms with Crippen molar-refractivity contribution in [1.82, 2.24) is 0 Å². The summed E-state index contributed by atoms with van der Waals surface area (Å²) >= 11 is 0. The van der Waals surface area contributed by atoms with Crippen molar-refractivity contribution in [1.29, 1.82) is 11.1 Å². The number of carboxylic acids is 2. The van der Waals surface area contributed by atoms with E-state index >= 15 is 0 Å². The number of aliphatic carboxylic acids is 2. The summed E-state index contributed by atoms with van der Waals surface area (Å²) in [6.07, 6.45) is -5.49. The molecular formula is C12H18F6N4O4. The highest BCUT2D eigenvalue weighted by atomic mass is 19.4. The normalized spacial score (nSPS) is 16.4. The Morgan fingerprint density at radius 1 is 0.654 bits per heavy atom. The van der Waals surface area contributed by atoms with Gasteiger partial charge in [0.05, 0.1) is 0 Å². The van der Waals surface area contributed by atoms with Crippen molar-refractivity contribution in [3.05, 3.63) is 0 Å². The first kappa shape index (κ1) is 26.0. The van der Waals surface area contributed by atoms with Crippen molar-refractivity contribution < 1.29 is 55.5 Å². The minimum absolute atomic E-state index is 0.986. The number of hydrogen-bond acceptors (Lipinski definition) is 6. The van der Waals surface area contributed by atoms with Crippen LogP contribution in [-0.2, 0) is 9.59 Å². The molecule has 0 aromatic rings. The van der Waals surface area contributed by atoms with E-state index in [4.69, 9.17) is 30.9 Å². The van der Waals surface area contributed by atoms with Crippen molar-refractivity contribution >= 4 is 11.9 Å². The highest BCUT2D eigenvalue weighted by molar-refractivity contribution is 5.71. The van der Waals surface area contributed by atoms with Gasteiger partial charge in [-0.05, 0) is 0 Å². The molecule has 2 aliphatic heterocycles. The van der Waals surface area contributed by atoms with Crippen LogP contribution in [0.15, 0.2) is 0 Å². The van der Waals surface area contributed by atoms with Crippen LogP contribution in [-0.4, -0.2) is 59.9 Å². The molecule has 26 heavy (non-hydrogen) atoms. The zero-order valence-electron chi connectivity index (χ0n) is 13.5. The van der Waals surface area contributed by atoms with Gasteiger partial charge in [0.2, 0.25) is 0 Å². The monoisotopic (exact) mass is 396 g/mol. The van der Waals surface area contributed by atoms with Gasteiger partial charge in [0.15, 0.2) is 26.2 Å². The summed E-state index contributed by atoms with van der Waals surface area (Å²) in [5.41, 5.74) is 13.9. The summed E-state index contributed by atoms with van der Waals surface area (Å²) in [7, 11) is 0. The SMILES string of the molecule is N=[N+]1CCCC1.N=[N+]1CCCC1.O=C([O-])C(F)(F)F.O=C([O-])C(F)(F)F. The molecule has 2 saturated heterocycles. The molecular weight excluding hydrogens is 378 g/mol. The first-order chi connectivity index (χ1) is 11.7. The Morgan fingerprint density at radius 2 is 0.808 bits per heavy atom. The molecule has 0 spiro atoms. The summed E-state index contributed by atoms with van der Waals surface area (Å²) in [6.45, 7) is 3.94. The van der Waals surface area contributed by atoms with Gasteiger partial charge in [-0.25, -0.2) is 0 Å². The quantitative estimate of drug-likeness (QED) is 0.448. The van der Waals surface area contributed by atoms with E-state index in [-0.39, 0.29) is 0 Å². The van der Waals surface area contributed by atoms with Crippen molar-refractivity contribution in [2.75, 3.05) is 26.2 Å². The van der Waals surface area contributed by atoms with Crippen LogP contribution >= 0.6 is 0 Å². The van der Waals surface area contributed by atoms with Crippen molar-refractivity contribution in [3.8, 4) is 0 Å². The molecule has 14 heteroatoms. The first-order valence-electron chi connectivity index (χ1n) is 7.16. The molecule has 0 aromatic carbocycles. The van der Waals surface area contributed by atoms with E-state index in [1.165, 1.54) is 25.7 Å². The molecule has 0 unspecified atom stereocenters. The zero-order chi connectivity index (χ0) is 21.0. The summed E-state index contributed by atoms with van der Waals surface area (Å²) < 4.78 is 66.3. The number of rotatable bonds is 0. The smallest absolute Gasteiger partial charge is 0.430 e. The third-order valence-corrected chi connectivity index (χ3v) is 2.68. The fourth-order valence-electron chi connectivity index (χ4n) is 1.43. The van der Waals surface area contributed by atoms with Crippen LogP contribution in [0.1, 0.15) is 25.7 Å². The third kappa shape index (κ3) is 16.6. The third-order valence-electron chi connectivity index (χ3n) is 2.68. The Labute approximate surface area is 144 Å². The lowest BCUT2D eigenvalue weighted by atomic mass is 10.4. The Balaban J connectivity index is 0. The molecule has 0 atom stereocenters. The van der Waals surface area contributed by atoms with Crippen LogP contribution in [0.25, 0.3) is 0 Å². The molecule has 0 amide bonds. The lowest BCUT2D eigenvalue weighted by Gasteiger charge is -2.03. The summed E-state index contributed by atoms with van der Waals surface area (Å²) in [6, 6.07) is 0. The maximum atomic E-state index is 10.5. The van der Waals surface area contributed by atoms with Crippen molar-refractivity contribution in [2.45, 2.75) is 38.0 Å². The van der Waals surface area contributed by atoms with Crippen LogP contribution < -0.4 is 10.2 Å². The maximum absolute atomic E-state index is 10.5. The standard InChI is InChI=1S/2C4H9N2.2C2HF3O2/c2*5-6-3-1-2-4-6;2*3-2(4,5)1(6)7/h2*5H,1-4H2;2*(H,6,7)/q2*+1;;/p-2. The van der Waals surface area contributed by atoms with E-state index in [0.29, 0.717) is 0 Å². The molecule has 0 saturated carbocycles. The summed E-state index contributed by atoms with van der Waals surface area (Å²) in [5.74, 6) is -6.01. The lowest BCUT2D eigenvalue weighted by Crippen LogP contribution is -2.37. The molecule has 8 nitrogen and oxygen atoms in total. The molecule has 0 aliphatic carbocycles. The predicted octanol–water partition coefficient (Wildman–Crippen LogP) is 0.245. The van der Waals surface area contributed by atoms with Gasteiger partial charge in [-0.2, -0.15) is 26.3 Å². The van der Waals surface area contributed by atoms with E-state index in [9.17, 15) is 26.3 Å². The minimum Gasteiger partial charge on any atom is -0.542 e. The topological polar surface area (TPSA) is 134 Å².